The zero-order valence-corrected chi connectivity index (χ0v) is 16.4. The summed E-state index contributed by atoms with van der Waals surface area (Å²) in [6.45, 7) is 2.01. The van der Waals surface area contributed by atoms with Gasteiger partial charge in [-0.3, -0.25) is 0 Å². The number of hydrogen-bond donors (Lipinski definition) is 0. The lowest BCUT2D eigenvalue weighted by atomic mass is 9.94. The molecule has 134 valence electrons. The molecule has 3 aromatic carbocycles. The van der Waals surface area contributed by atoms with Crippen molar-refractivity contribution in [3.05, 3.63) is 88.4 Å². The molecule has 0 N–H and O–H groups in total. The van der Waals surface area contributed by atoms with Gasteiger partial charge in [-0.05, 0) is 71.8 Å². The number of hydrogen-bond acceptors (Lipinski definition) is 2. The average Bonchev–Trinajstić information content (AvgIpc) is 2.62. The maximum atomic E-state index is 11.6. The Morgan fingerprint density at radius 1 is 0.885 bits per heavy atom. The van der Waals surface area contributed by atoms with Crippen molar-refractivity contribution >= 4 is 21.4 Å². The summed E-state index contributed by atoms with van der Waals surface area (Å²) in [5.74, 6) is 0. The molecule has 0 aliphatic rings. The predicted molar refractivity (Wildman–Crippen MR) is 109 cm³/mol. The smallest absolute Gasteiger partial charge is 0.175 e. The Morgan fingerprint density at radius 2 is 1.58 bits per heavy atom. The first kappa shape index (κ1) is 18.7. The number of rotatable bonds is 5. The van der Waals surface area contributed by atoms with Gasteiger partial charge in [-0.15, -0.1) is 0 Å². The van der Waals surface area contributed by atoms with Crippen LogP contribution in [0.1, 0.15) is 16.7 Å². The molecular weight excluding hydrogens is 364 g/mol. The Kier molecular flexibility index (Phi) is 5.49. The minimum Gasteiger partial charge on any atom is -0.224 e. The lowest BCUT2D eigenvalue weighted by Gasteiger charge is -2.11. The molecule has 0 fully saturated rings. The van der Waals surface area contributed by atoms with Crippen LogP contribution >= 0.6 is 11.6 Å². The van der Waals surface area contributed by atoms with Crippen molar-refractivity contribution < 1.29 is 8.42 Å². The molecule has 2 nitrogen and oxygen atoms in total. The van der Waals surface area contributed by atoms with E-state index in [4.69, 9.17) is 11.6 Å². The fourth-order valence-electron chi connectivity index (χ4n) is 3.01. The third kappa shape index (κ3) is 4.35. The molecule has 0 saturated heterocycles. The van der Waals surface area contributed by atoms with Gasteiger partial charge in [0.1, 0.15) is 0 Å². The number of sulfone groups is 1. The first-order chi connectivity index (χ1) is 12.3. The fourth-order valence-corrected chi connectivity index (χ4v) is 3.76. The summed E-state index contributed by atoms with van der Waals surface area (Å²) in [4.78, 5) is 0.360. The van der Waals surface area contributed by atoms with Crippen LogP contribution < -0.4 is 0 Å². The topological polar surface area (TPSA) is 34.1 Å². The predicted octanol–water partition coefficient (Wildman–Crippen LogP) is 5.50. The minimum atomic E-state index is -3.15. The van der Waals surface area contributed by atoms with Crippen LogP contribution in [0.25, 0.3) is 11.1 Å². The molecule has 0 aliphatic heterocycles. The summed E-state index contributed by atoms with van der Waals surface area (Å²) in [7, 11) is -3.15. The highest BCUT2D eigenvalue weighted by molar-refractivity contribution is 7.90. The monoisotopic (exact) mass is 384 g/mol. The van der Waals surface area contributed by atoms with Gasteiger partial charge in [0.2, 0.25) is 0 Å². The molecule has 0 atom stereocenters. The lowest BCUT2D eigenvalue weighted by molar-refractivity contribution is 0.602. The second-order valence-corrected chi connectivity index (χ2v) is 8.96. The van der Waals surface area contributed by atoms with Crippen LogP contribution in [0.15, 0.2) is 71.6 Å². The quantitative estimate of drug-likeness (QED) is 0.581. The van der Waals surface area contributed by atoms with E-state index in [0.29, 0.717) is 4.90 Å². The number of halogens is 1. The highest BCUT2D eigenvalue weighted by Gasteiger charge is 2.08. The van der Waals surface area contributed by atoms with Crippen molar-refractivity contribution in [1.82, 2.24) is 0 Å². The third-order valence-electron chi connectivity index (χ3n) is 4.52. The van der Waals surface area contributed by atoms with Gasteiger partial charge in [0.15, 0.2) is 9.84 Å². The lowest BCUT2D eigenvalue weighted by Crippen LogP contribution is -1.98. The van der Waals surface area contributed by atoms with Crippen LogP contribution in [0.4, 0.5) is 0 Å². The highest BCUT2D eigenvalue weighted by atomic mass is 35.5. The average molecular weight is 385 g/mol. The molecular formula is C22H21ClO2S. The van der Waals surface area contributed by atoms with E-state index in [1.807, 2.05) is 37.3 Å². The van der Waals surface area contributed by atoms with Gasteiger partial charge in [0.25, 0.3) is 0 Å². The summed E-state index contributed by atoms with van der Waals surface area (Å²) in [6.07, 6.45) is 2.97. The van der Waals surface area contributed by atoms with Crippen molar-refractivity contribution in [3.8, 4) is 11.1 Å². The van der Waals surface area contributed by atoms with E-state index in [9.17, 15) is 8.42 Å². The second kappa shape index (κ2) is 7.65. The van der Waals surface area contributed by atoms with E-state index in [0.717, 1.165) is 34.6 Å². The Hall–Kier alpha value is -2.10. The van der Waals surface area contributed by atoms with Gasteiger partial charge in [0.05, 0.1) is 4.90 Å². The standard InChI is InChI=1S/C22H21ClO2S/c1-16-15-19(11-14-22(16)23)21-6-4-3-5-18(21)10-7-17-8-12-20(13-9-17)26(2,24)25/h3-6,8-9,11-15H,7,10H2,1-2H3. The van der Waals surface area contributed by atoms with Crippen LogP contribution in [0.3, 0.4) is 0 Å². The second-order valence-electron chi connectivity index (χ2n) is 6.54. The van der Waals surface area contributed by atoms with Crippen molar-refractivity contribution in [2.45, 2.75) is 24.7 Å². The van der Waals surface area contributed by atoms with Gasteiger partial charge < -0.3 is 0 Å². The largest absolute Gasteiger partial charge is 0.224 e. The van der Waals surface area contributed by atoms with E-state index >= 15 is 0 Å². The molecule has 0 unspecified atom stereocenters. The Morgan fingerprint density at radius 3 is 2.23 bits per heavy atom. The normalized spacial score (nSPS) is 11.5. The van der Waals surface area contributed by atoms with Gasteiger partial charge in [-0.1, -0.05) is 54.1 Å². The first-order valence-corrected chi connectivity index (χ1v) is 10.7. The van der Waals surface area contributed by atoms with E-state index in [1.54, 1.807) is 12.1 Å². The highest BCUT2D eigenvalue weighted by Crippen LogP contribution is 2.28. The summed E-state index contributed by atoms with van der Waals surface area (Å²) in [5, 5.41) is 0.775. The Balaban J connectivity index is 1.82. The maximum absolute atomic E-state index is 11.6. The summed E-state index contributed by atoms with van der Waals surface area (Å²) in [6, 6.07) is 21.6. The van der Waals surface area contributed by atoms with E-state index in [1.165, 1.54) is 17.4 Å². The van der Waals surface area contributed by atoms with Crippen LogP contribution in [-0.2, 0) is 22.7 Å². The molecule has 0 saturated carbocycles. The molecule has 4 heteroatoms. The van der Waals surface area contributed by atoms with Gasteiger partial charge >= 0.3 is 0 Å². The Labute approximate surface area is 160 Å². The van der Waals surface area contributed by atoms with Crippen molar-refractivity contribution in [3.63, 3.8) is 0 Å². The SMILES string of the molecule is Cc1cc(-c2ccccc2CCc2ccc(S(C)(=O)=O)cc2)ccc1Cl. The van der Waals surface area contributed by atoms with Crippen molar-refractivity contribution in [2.75, 3.05) is 6.26 Å². The van der Waals surface area contributed by atoms with E-state index in [-0.39, 0.29) is 0 Å². The molecule has 0 amide bonds. The molecule has 0 bridgehead atoms. The molecule has 0 aliphatic carbocycles. The van der Waals surface area contributed by atoms with Crippen LogP contribution in [-0.4, -0.2) is 14.7 Å². The number of aryl methyl sites for hydroxylation is 3. The molecule has 0 radical (unpaired) electrons. The minimum absolute atomic E-state index is 0.360. The van der Waals surface area contributed by atoms with Gasteiger partial charge in [-0.2, -0.15) is 0 Å². The molecule has 0 spiro atoms. The molecule has 3 rings (SSSR count). The molecule has 0 heterocycles. The summed E-state index contributed by atoms with van der Waals surface area (Å²) >= 11 is 6.15. The van der Waals surface area contributed by atoms with Crippen LogP contribution in [0, 0.1) is 6.92 Å². The van der Waals surface area contributed by atoms with Crippen molar-refractivity contribution in [1.29, 1.82) is 0 Å². The maximum Gasteiger partial charge on any atom is 0.175 e. The zero-order chi connectivity index (χ0) is 18.7. The van der Waals surface area contributed by atoms with Crippen LogP contribution in [0.5, 0.6) is 0 Å². The van der Waals surface area contributed by atoms with E-state index < -0.39 is 9.84 Å². The molecule has 26 heavy (non-hydrogen) atoms. The number of benzene rings is 3. The summed E-state index contributed by atoms with van der Waals surface area (Å²) < 4.78 is 23.1. The van der Waals surface area contributed by atoms with Gasteiger partial charge in [-0.25, -0.2) is 8.42 Å². The van der Waals surface area contributed by atoms with Gasteiger partial charge in [0, 0.05) is 11.3 Å². The van der Waals surface area contributed by atoms with Crippen LogP contribution in [0.2, 0.25) is 5.02 Å². The third-order valence-corrected chi connectivity index (χ3v) is 6.07. The first-order valence-electron chi connectivity index (χ1n) is 8.48. The Bertz CT molecular complexity index is 1020. The molecule has 3 aromatic rings. The van der Waals surface area contributed by atoms with Crippen molar-refractivity contribution in [2.24, 2.45) is 0 Å². The summed E-state index contributed by atoms with van der Waals surface area (Å²) in [5.41, 5.74) is 5.83. The van der Waals surface area contributed by atoms with E-state index in [2.05, 4.69) is 24.3 Å². The zero-order valence-electron chi connectivity index (χ0n) is 14.9. The fraction of sp³-hybridized carbons (Fsp3) is 0.182. The molecule has 0 aromatic heterocycles.